The van der Waals surface area contributed by atoms with Crippen molar-refractivity contribution in [2.45, 2.75) is 13.0 Å². The van der Waals surface area contributed by atoms with Crippen LogP contribution in [0.2, 0.25) is 0 Å². The molecule has 0 radical (unpaired) electrons. The van der Waals surface area contributed by atoms with Gasteiger partial charge in [0.05, 0.1) is 6.61 Å². The lowest BCUT2D eigenvalue weighted by atomic mass is 10.1. The van der Waals surface area contributed by atoms with Crippen molar-refractivity contribution in [1.82, 2.24) is 9.80 Å². The molecule has 2 N–H and O–H groups in total. The molecule has 2 rings (SSSR count). The summed E-state index contributed by atoms with van der Waals surface area (Å²) in [5.41, 5.74) is 7.38. The van der Waals surface area contributed by atoms with Gasteiger partial charge < -0.3 is 15.4 Å². The van der Waals surface area contributed by atoms with Crippen molar-refractivity contribution in [3.8, 4) is 0 Å². The summed E-state index contributed by atoms with van der Waals surface area (Å²) in [7, 11) is 1.72. The number of hydrogen-bond acceptors (Lipinski definition) is 4. The minimum absolute atomic E-state index is 0.118. The van der Waals surface area contributed by atoms with Crippen LogP contribution in [-0.2, 0) is 11.3 Å². The van der Waals surface area contributed by atoms with Gasteiger partial charge in [-0.05, 0) is 30.7 Å². The fourth-order valence-electron chi connectivity index (χ4n) is 2.58. The van der Waals surface area contributed by atoms with E-state index in [1.165, 1.54) is 0 Å². The molecule has 116 valence electrons. The molecule has 1 fully saturated rings. The van der Waals surface area contributed by atoms with E-state index in [4.69, 9.17) is 10.5 Å². The van der Waals surface area contributed by atoms with Crippen LogP contribution in [0.25, 0.3) is 0 Å². The molecule has 0 unspecified atom stereocenters. The Kier molecular flexibility index (Phi) is 6.17. The Balaban J connectivity index is 1.92. The number of carbonyl (C=O) groups excluding carboxylic acids is 1. The molecule has 1 aliphatic heterocycles. The number of methoxy groups -OCH3 is 1. The van der Waals surface area contributed by atoms with Crippen molar-refractivity contribution < 1.29 is 9.53 Å². The van der Waals surface area contributed by atoms with Crippen LogP contribution in [0.3, 0.4) is 0 Å². The third kappa shape index (κ3) is 4.52. The highest BCUT2D eigenvalue weighted by Gasteiger charge is 2.19. The van der Waals surface area contributed by atoms with Gasteiger partial charge >= 0.3 is 0 Å². The SMILES string of the molecule is COCCN1CCCN(C(=O)c2ccc(CN)cc2)CC1. The normalized spacial score (nSPS) is 16.8. The molecule has 0 saturated carbocycles. The fraction of sp³-hybridized carbons (Fsp3) is 0.562. The molecule has 21 heavy (non-hydrogen) atoms. The number of hydrogen-bond donors (Lipinski definition) is 1. The van der Waals surface area contributed by atoms with E-state index in [-0.39, 0.29) is 5.91 Å². The molecule has 5 heteroatoms. The van der Waals surface area contributed by atoms with Crippen LogP contribution in [0, 0.1) is 0 Å². The van der Waals surface area contributed by atoms with Gasteiger partial charge in [-0.2, -0.15) is 0 Å². The third-order valence-electron chi connectivity index (χ3n) is 3.92. The fourth-order valence-corrected chi connectivity index (χ4v) is 2.58. The molecule has 0 atom stereocenters. The van der Waals surface area contributed by atoms with Crippen molar-refractivity contribution in [3.63, 3.8) is 0 Å². The molecule has 1 aromatic rings. The zero-order chi connectivity index (χ0) is 15.1. The van der Waals surface area contributed by atoms with Crippen LogP contribution >= 0.6 is 0 Å². The highest BCUT2D eigenvalue weighted by Crippen LogP contribution is 2.10. The van der Waals surface area contributed by atoms with Crippen LogP contribution in [0.1, 0.15) is 22.3 Å². The van der Waals surface area contributed by atoms with Gasteiger partial charge in [0, 0.05) is 45.4 Å². The minimum atomic E-state index is 0.118. The van der Waals surface area contributed by atoms with Gasteiger partial charge in [-0.3, -0.25) is 9.69 Å². The number of nitrogens with zero attached hydrogens (tertiary/aromatic N) is 2. The summed E-state index contributed by atoms with van der Waals surface area (Å²) in [6, 6.07) is 7.60. The lowest BCUT2D eigenvalue weighted by Gasteiger charge is -2.22. The number of benzene rings is 1. The van der Waals surface area contributed by atoms with Gasteiger partial charge in [0.15, 0.2) is 0 Å². The molecule has 1 saturated heterocycles. The van der Waals surface area contributed by atoms with Crippen molar-refractivity contribution in [2.75, 3.05) is 46.4 Å². The maximum Gasteiger partial charge on any atom is 0.253 e. The Morgan fingerprint density at radius 3 is 2.62 bits per heavy atom. The standard InChI is InChI=1S/C16H25N3O2/c1-21-12-11-18-7-2-8-19(10-9-18)16(20)15-5-3-14(13-17)4-6-15/h3-6H,2,7-13,17H2,1H3. The Morgan fingerprint density at radius 2 is 1.95 bits per heavy atom. The molecule has 1 amide bonds. The largest absolute Gasteiger partial charge is 0.383 e. The number of carbonyl (C=O) groups is 1. The Morgan fingerprint density at radius 1 is 1.19 bits per heavy atom. The molecule has 1 heterocycles. The zero-order valence-electron chi connectivity index (χ0n) is 12.8. The van der Waals surface area contributed by atoms with Gasteiger partial charge in [-0.15, -0.1) is 0 Å². The predicted octanol–water partition coefficient (Wildman–Crippen LogP) is 0.940. The van der Waals surface area contributed by atoms with E-state index in [0.29, 0.717) is 6.54 Å². The van der Waals surface area contributed by atoms with E-state index in [1.807, 2.05) is 29.2 Å². The van der Waals surface area contributed by atoms with E-state index in [2.05, 4.69) is 4.90 Å². The minimum Gasteiger partial charge on any atom is -0.383 e. The highest BCUT2D eigenvalue weighted by molar-refractivity contribution is 5.94. The van der Waals surface area contributed by atoms with E-state index < -0.39 is 0 Å². The quantitative estimate of drug-likeness (QED) is 0.877. The second-order valence-electron chi connectivity index (χ2n) is 5.38. The van der Waals surface area contributed by atoms with Crippen molar-refractivity contribution in [1.29, 1.82) is 0 Å². The summed E-state index contributed by atoms with van der Waals surface area (Å²) in [6.45, 7) is 5.72. The van der Waals surface area contributed by atoms with Crippen molar-refractivity contribution in [2.24, 2.45) is 5.73 Å². The number of amides is 1. The number of nitrogens with two attached hydrogens (primary N) is 1. The molecule has 0 bridgehead atoms. The molecule has 5 nitrogen and oxygen atoms in total. The zero-order valence-corrected chi connectivity index (χ0v) is 12.8. The maximum absolute atomic E-state index is 12.5. The summed E-state index contributed by atoms with van der Waals surface area (Å²) in [4.78, 5) is 16.8. The third-order valence-corrected chi connectivity index (χ3v) is 3.92. The molecular weight excluding hydrogens is 266 g/mol. The predicted molar refractivity (Wildman–Crippen MR) is 83.2 cm³/mol. The van der Waals surface area contributed by atoms with E-state index in [1.54, 1.807) is 7.11 Å². The monoisotopic (exact) mass is 291 g/mol. The first-order chi connectivity index (χ1) is 10.2. The number of ether oxygens (including phenoxy) is 1. The van der Waals surface area contributed by atoms with E-state index in [9.17, 15) is 4.79 Å². The van der Waals surface area contributed by atoms with Crippen LogP contribution < -0.4 is 5.73 Å². The summed E-state index contributed by atoms with van der Waals surface area (Å²) < 4.78 is 5.12. The summed E-state index contributed by atoms with van der Waals surface area (Å²) in [6.07, 6.45) is 1.01. The lowest BCUT2D eigenvalue weighted by Crippen LogP contribution is -2.36. The first kappa shape index (κ1) is 15.9. The van der Waals surface area contributed by atoms with Crippen LogP contribution in [-0.4, -0.2) is 62.1 Å². The average molecular weight is 291 g/mol. The molecular formula is C16H25N3O2. The van der Waals surface area contributed by atoms with Crippen LogP contribution in [0.5, 0.6) is 0 Å². The topological polar surface area (TPSA) is 58.8 Å². The second kappa shape index (κ2) is 8.12. The van der Waals surface area contributed by atoms with Gasteiger partial charge in [-0.1, -0.05) is 12.1 Å². The van der Waals surface area contributed by atoms with Gasteiger partial charge in [0.1, 0.15) is 0 Å². The summed E-state index contributed by atoms with van der Waals surface area (Å²) in [5.74, 6) is 0.118. The first-order valence-corrected chi connectivity index (χ1v) is 7.54. The Hall–Kier alpha value is -1.43. The molecule has 0 spiro atoms. The molecule has 1 aliphatic rings. The molecule has 0 aromatic heterocycles. The van der Waals surface area contributed by atoms with Gasteiger partial charge in [-0.25, -0.2) is 0 Å². The van der Waals surface area contributed by atoms with Crippen molar-refractivity contribution in [3.05, 3.63) is 35.4 Å². The maximum atomic E-state index is 12.5. The van der Waals surface area contributed by atoms with Crippen molar-refractivity contribution >= 4 is 5.91 Å². The Bertz CT molecular complexity index is 447. The Labute approximate surface area is 126 Å². The average Bonchev–Trinajstić information content (AvgIpc) is 2.78. The lowest BCUT2D eigenvalue weighted by molar-refractivity contribution is 0.0759. The van der Waals surface area contributed by atoms with Gasteiger partial charge in [0.25, 0.3) is 5.91 Å². The van der Waals surface area contributed by atoms with E-state index in [0.717, 1.165) is 56.9 Å². The highest BCUT2D eigenvalue weighted by atomic mass is 16.5. The van der Waals surface area contributed by atoms with Crippen LogP contribution in [0.15, 0.2) is 24.3 Å². The number of rotatable bonds is 5. The van der Waals surface area contributed by atoms with Crippen LogP contribution in [0.4, 0.5) is 0 Å². The summed E-state index contributed by atoms with van der Waals surface area (Å²) in [5, 5.41) is 0. The first-order valence-electron chi connectivity index (χ1n) is 7.54. The summed E-state index contributed by atoms with van der Waals surface area (Å²) >= 11 is 0. The van der Waals surface area contributed by atoms with E-state index >= 15 is 0 Å². The second-order valence-corrected chi connectivity index (χ2v) is 5.38. The molecule has 0 aliphatic carbocycles. The van der Waals surface area contributed by atoms with Gasteiger partial charge in [0.2, 0.25) is 0 Å². The molecule has 1 aromatic carbocycles. The smallest absolute Gasteiger partial charge is 0.253 e.